The normalized spacial score (nSPS) is 23.5. The Morgan fingerprint density at radius 3 is 2.47 bits per heavy atom. The van der Waals surface area contributed by atoms with E-state index in [0.29, 0.717) is 30.5 Å². The molecule has 1 aliphatic carbocycles. The Balaban J connectivity index is 1.82. The third-order valence-electron chi connectivity index (χ3n) is 3.95. The van der Waals surface area contributed by atoms with Gasteiger partial charge in [-0.2, -0.15) is 0 Å². The molecule has 0 saturated heterocycles. The number of nitrogens with two attached hydrogens (primary N) is 1. The van der Waals surface area contributed by atoms with Crippen LogP contribution >= 0.6 is 0 Å². The first-order valence-corrected chi connectivity index (χ1v) is 7.07. The fourth-order valence-electron chi connectivity index (χ4n) is 2.92. The molecule has 2 atom stereocenters. The largest absolute Gasteiger partial charge is 0.330 e. The molecule has 4 heteroatoms. The SMILES string of the molecule is NCC1CCCCC1NCCc1cc(F)cc(F)c1. The zero-order chi connectivity index (χ0) is 13.7. The molecule has 0 radical (unpaired) electrons. The van der Waals surface area contributed by atoms with Gasteiger partial charge in [0.25, 0.3) is 0 Å². The second-order valence-electron chi connectivity index (χ2n) is 5.37. The monoisotopic (exact) mass is 268 g/mol. The summed E-state index contributed by atoms with van der Waals surface area (Å²) in [5, 5.41) is 3.49. The van der Waals surface area contributed by atoms with Gasteiger partial charge in [-0.1, -0.05) is 12.8 Å². The minimum absolute atomic E-state index is 0.456. The number of hydrogen-bond donors (Lipinski definition) is 2. The smallest absolute Gasteiger partial charge is 0.126 e. The molecule has 0 heterocycles. The molecule has 1 aromatic carbocycles. The molecular formula is C15H22F2N2. The van der Waals surface area contributed by atoms with E-state index in [0.717, 1.165) is 19.0 Å². The molecule has 0 bridgehead atoms. The lowest BCUT2D eigenvalue weighted by molar-refractivity contribution is 0.269. The van der Waals surface area contributed by atoms with Gasteiger partial charge in [0, 0.05) is 12.1 Å². The van der Waals surface area contributed by atoms with Crippen molar-refractivity contribution in [3.05, 3.63) is 35.4 Å². The van der Waals surface area contributed by atoms with E-state index < -0.39 is 11.6 Å². The molecule has 106 valence electrons. The molecule has 0 aromatic heterocycles. The third kappa shape index (κ3) is 4.25. The number of benzene rings is 1. The van der Waals surface area contributed by atoms with Gasteiger partial charge in [0.05, 0.1) is 0 Å². The summed E-state index contributed by atoms with van der Waals surface area (Å²) < 4.78 is 26.1. The Bertz CT molecular complexity index is 389. The van der Waals surface area contributed by atoms with Crippen LogP contribution in [-0.4, -0.2) is 19.1 Å². The maximum atomic E-state index is 13.0. The minimum Gasteiger partial charge on any atom is -0.330 e. The number of nitrogens with one attached hydrogen (secondary N) is 1. The highest BCUT2D eigenvalue weighted by Crippen LogP contribution is 2.23. The molecule has 0 amide bonds. The topological polar surface area (TPSA) is 38.0 Å². The van der Waals surface area contributed by atoms with Crippen LogP contribution in [0.4, 0.5) is 8.78 Å². The van der Waals surface area contributed by atoms with Crippen LogP contribution < -0.4 is 11.1 Å². The maximum Gasteiger partial charge on any atom is 0.126 e. The molecule has 3 N–H and O–H groups in total. The molecule has 19 heavy (non-hydrogen) atoms. The Morgan fingerprint density at radius 2 is 1.79 bits per heavy atom. The lowest BCUT2D eigenvalue weighted by Crippen LogP contribution is -2.42. The van der Waals surface area contributed by atoms with Crippen molar-refractivity contribution in [2.45, 2.75) is 38.1 Å². The minimum atomic E-state index is -0.507. The Hall–Kier alpha value is -1.00. The summed E-state index contributed by atoms with van der Waals surface area (Å²) in [4.78, 5) is 0. The molecule has 0 aliphatic heterocycles. The fourth-order valence-corrected chi connectivity index (χ4v) is 2.92. The summed E-state index contributed by atoms with van der Waals surface area (Å²) in [6, 6.07) is 4.15. The van der Waals surface area contributed by atoms with E-state index >= 15 is 0 Å². The van der Waals surface area contributed by atoms with E-state index in [-0.39, 0.29) is 0 Å². The first-order valence-electron chi connectivity index (χ1n) is 7.07. The van der Waals surface area contributed by atoms with Crippen LogP contribution in [0.25, 0.3) is 0 Å². The van der Waals surface area contributed by atoms with Crippen molar-refractivity contribution < 1.29 is 8.78 Å². The van der Waals surface area contributed by atoms with Crippen molar-refractivity contribution in [1.82, 2.24) is 5.32 Å². The number of halogens is 2. The van der Waals surface area contributed by atoms with Crippen molar-refractivity contribution in [2.75, 3.05) is 13.1 Å². The van der Waals surface area contributed by atoms with Crippen molar-refractivity contribution in [3.63, 3.8) is 0 Å². The molecule has 1 saturated carbocycles. The number of rotatable bonds is 5. The van der Waals surface area contributed by atoms with Crippen LogP contribution in [0.1, 0.15) is 31.2 Å². The van der Waals surface area contributed by atoms with Crippen LogP contribution in [0.15, 0.2) is 18.2 Å². The van der Waals surface area contributed by atoms with Gasteiger partial charge in [-0.05, 0) is 56.0 Å². The van der Waals surface area contributed by atoms with Gasteiger partial charge in [0.2, 0.25) is 0 Å². The van der Waals surface area contributed by atoms with E-state index in [4.69, 9.17) is 5.73 Å². The second-order valence-corrected chi connectivity index (χ2v) is 5.37. The lowest BCUT2D eigenvalue weighted by atomic mass is 9.84. The second kappa shape index (κ2) is 6.96. The van der Waals surface area contributed by atoms with Gasteiger partial charge in [0.15, 0.2) is 0 Å². The number of hydrogen-bond acceptors (Lipinski definition) is 2. The van der Waals surface area contributed by atoms with Gasteiger partial charge >= 0.3 is 0 Å². The Kier molecular flexibility index (Phi) is 5.28. The van der Waals surface area contributed by atoms with Gasteiger partial charge in [0.1, 0.15) is 11.6 Å². The van der Waals surface area contributed by atoms with E-state index in [2.05, 4.69) is 5.32 Å². The highest BCUT2D eigenvalue weighted by Gasteiger charge is 2.22. The van der Waals surface area contributed by atoms with Crippen molar-refractivity contribution in [2.24, 2.45) is 11.7 Å². The molecule has 1 aromatic rings. The predicted octanol–water partition coefficient (Wildman–Crippen LogP) is 2.61. The van der Waals surface area contributed by atoms with E-state index in [9.17, 15) is 8.78 Å². The van der Waals surface area contributed by atoms with E-state index in [1.807, 2.05) is 0 Å². The van der Waals surface area contributed by atoms with Crippen LogP contribution in [-0.2, 0) is 6.42 Å². The van der Waals surface area contributed by atoms with Gasteiger partial charge < -0.3 is 11.1 Å². The van der Waals surface area contributed by atoms with E-state index in [1.165, 1.54) is 31.4 Å². The highest BCUT2D eigenvalue weighted by molar-refractivity contribution is 5.18. The van der Waals surface area contributed by atoms with Crippen LogP contribution in [0.5, 0.6) is 0 Å². The van der Waals surface area contributed by atoms with Crippen LogP contribution in [0.2, 0.25) is 0 Å². The van der Waals surface area contributed by atoms with Gasteiger partial charge in [-0.3, -0.25) is 0 Å². The molecule has 0 spiro atoms. The Morgan fingerprint density at radius 1 is 1.11 bits per heavy atom. The standard InChI is InChI=1S/C15H22F2N2/c16-13-7-11(8-14(17)9-13)5-6-19-15-4-2-1-3-12(15)10-18/h7-9,12,15,19H,1-6,10,18H2. The zero-order valence-corrected chi connectivity index (χ0v) is 11.2. The summed E-state index contributed by atoms with van der Waals surface area (Å²) in [5.41, 5.74) is 6.48. The first-order chi connectivity index (χ1) is 9.19. The molecule has 1 fully saturated rings. The first kappa shape index (κ1) is 14.4. The highest BCUT2D eigenvalue weighted by atomic mass is 19.1. The quantitative estimate of drug-likeness (QED) is 0.861. The summed E-state index contributed by atoms with van der Waals surface area (Å²) in [5.74, 6) is -0.474. The summed E-state index contributed by atoms with van der Waals surface area (Å²) >= 11 is 0. The summed E-state index contributed by atoms with van der Waals surface area (Å²) in [7, 11) is 0. The average molecular weight is 268 g/mol. The molecule has 2 rings (SSSR count). The van der Waals surface area contributed by atoms with Crippen molar-refractivity contribution in [1.29, 1.82) is 0 Å². The molecule has 2 unspecified atom stereocenters. The summed E-state index contributed by atoms with van der Waals surface area (Å²) in [6.07, 6.45) is 5.47. The van der Waals surface area contributed by atoms with Gasteiger partial charge in [-0.15, -0.1) is 0 Å². The maximum absolute atomic E-state index is 13.0. The van der Waals surface area contributed by atoms with E-state index in [1.54, 1.807) is 0 Å². The fraction of sp³-hybridized carbons (Fsp3) is 0.600. The van der Waals surface area contributed by atoms with Crippen LogP contribution in [0.3, 0.4) is 0 Å². The van der Waals surface area contributed by atoms with Crippen LogP contribution in [0, 0.1) is 17.6 Å². The van der Waals surface area contributed by atoms with Gasteiger partial charge in [-0.25, -0.2) is 8.78 Å². The predicted molar refractivity (Wildman–Crippen MR) is 72.9 cm³/mol. The zero-order valence-electron chi connectivity index (χ0n) is 11.2. The molecule has 2 nitrogen and oxygen atoms in total. The summed E-state index contributed by atoms with van der Waals surface area (Å²) in [6.45, 7) is 1.45. The van der Waals surface area contributed by atoms with Crippen molar-refractivity contribution >= 4 is 0 Å². The molecular weight excluding hydrogens is 246 g/mol. The Labute approximate surface area is 113 Å². The molecule has 1 aliphatic rings. The van der Waals surface area contributed by atoms with Crippen molar-refractivity contribution in [3.8, 4) is 0 Å². The lowest BCUT2D eigenvalue weighted by Gasteiger charge is -2.31. The third-order valence-corrected chi connectivity index (χ3v) is 3.95. The average Bonchev–Trinajstić information content (AvgIpc) is 2.38.